The van der Waals surface area contributed by atoms with Crippen molar-refractivity contribution in [1.29, 1.82) is 0 Å². The van der Waals surface area contributed by atoms with E-state index in [0.717, 1.165) is 4.47 Å². The van der Waals surface area contributed by atoms with Crippen LogP contribution in [0.3, 0.4) is 0 Å². The molecule has 1 N–H and O–H groups in total. The Morgan fingerprint density at radius 2 is 1.77 bits per heavy atom. The minimum atomic E-state index is -0.591. The van der Waals surface area contributed by atoms with Gasteiger partial charge < -0.3 is 5.32 Å². The average Bonchev–Trinajstić information content (AvgIpc) is 3.20. The molecule has 4 aromatic rings. The fraction of sp³-hybridized carbons (Fsp3) is 0. The van der Waals surface area contributed by atoms with E-state index in [2.05, 4.69) is 31.3 Å². The van der Waals surface area contributed by atoms with Crippen LogP contribution in [0.2, 0.25) is 5.02 Å². The SMILES string of the molecule is O=C(Nc1cccc([N+](=O)[O-])c1)c1nc(-c2ccc(Cl)cc2)n(-c2ccc(Br)cc2)n1. The van der Waals surface area contributed by atoms with Crippen molar-refractivity contribution in [1.82, 2.24) is 14.8 Å². The van der Waals surface area contributed by atoms with Crippen molar-refractivity contribution in [2.45, 2.75) is 0 Å². The largest absolute Gasteiger partial charge is 0.319 e. The summed E-state index contributed by atoms with van der Waals surface area (Å²) in [5.41, 5.74) is 1.56. The first-order valence-electron chi connectivity index (χ1n) is 8.95. The number of hydrogen-bond donors (Lipinski definition) is 1. The van der Waals surface area contributed by atoms with E-state index in [0.29, 0.717) is 22.1 Å². The van der Waals surface area contributed by atoms with Gasteiger partial charge in [-0.15, -0.1) is 5.10 Å². The number of non-ortho nitro benzene ring substituents is 1. The first kappa shape index (κ1) is 20.7. The lowest BCUT2D eigenvalue weighted by atomic mass is 10.2. The highest BCUT2D eigenvalue weighted by atomic mass is 79.9. The average molecular weight is 499 g/mol. The highest BCUT2D eigenvalue weighted by molar-refractivity contribution is 9.10. The number of carbonyl (C=O) groups excluding carboxylic acids is 1. The Labute approximate surface area is 189 Å². The van der Waals surface area contributed by atoms with Crippen molar-refractivity contribution in [3.8, 4) is 17.1 Å². The molecule has 0 aliphatic heterocycles. The van der Waals surface area contributed by atoms with Gasteiger partial charge in [0.05, 0.1) is 10.6 Å². The van der Waals surface area contributed by atoms with Gasteiger partial charge >= 0.3 is 0 Å². The number of nitro benzene ring substituents is 1. The summed E-state index contributed by atoms with van der Waals surface area (Å²) in [6, 6.07) is 20.0. The van der Waals surface area contributed by atoms with Crippen molar-refractivity contribution in [2.24, 2.45) is 0 Å². The number of carbonyl (C=O) groups is 1. The van der Waals surface area contributed by atoms with Crippen molar-refractivity contribution >= 4 is 44.8 Å². The molecule has 0 aliphatic rings. The fourth-order valence-electron chi connectivity index (χ4n) is 2.84. The normalized spacial score (nSPS) is 10.6. The van der Waals surface area contributed by atoms with Gasteiger partial charge in [0.2, 0.25) is 5.82 Å². The van der Waals surface area contributed by atoms with E-state index in [1.807, 2.05) is 24.3 Å². The molecule has 0 unspecified atom stereocenters. The van der Waals surface area contributed by atoms with Crippen LogP contribution in [0.5, 0.6) is 0 Å². The Kier molecular flexibility index (Phi) is 5.79. The maximum atomic E-state index is 12.8. The molecule has 1 amide bonds. The standard InChI is InChI=1S/C21H13BrClN5O3/c22-14-6-10-17(11-7-14)27-20(13-4-8-15(23)9-5-13)25-19(26-27)21(29)24-16-2-1-3-18(12-16)28(30)31/h1-12H,(H,24,29). The van der Waals surface area contributed by atoms with E-state index in [1.165, 1.54) is 18.2 Å². The van der Waals surface area contributed by atoms with Crippen molar-refractivity contribution < 1.29 is 9.72 Å². The van der Waals surface area contributed by atoms with Crippen molar-refractivity contribution in [2.75, 3.05) is 5.32 Å². The van der Waals surface area contributed by atoms with Crippen LogP contribution in [0, 0.1) is 10.1 Å². The number of halogens is 2. The van der Waals surface area contributed by atoms with E-state index >= 15 is 0 Å². The summed E-state index contributed by atoms with van der Waals surface area (Å²) >= 11 is 9.39. The Hall–Kier alpha value is -3.56. The molecule has 0 radical (unpaired) electrons. The highest BCUT2D eigenvalue weighted by Gasteiger charge is 2.19. The quantitative estimate of drug-likeness (QED) is 0.289. The van der Waals surface area contributed by atoms with Crippen LogP contribution in [0.15, 0.2) is 77.3 Å². The zero-order valence-electron chi connectivity index (χ0n) is 15.7. The lowest BCUT2D eigenvalue weighted by Gasteiger charge is -2.06. The van der Waals surface area contributed by atoms with E-state index in [1.54, 1.807) is 35.0 Å². The van der Waals surface area contributed by atoms with Crippen LogP contribution in [0.1, 0.15) is 10.6 Å². The number of nitro groups is 1. The number of amides is 1. The predicted octanol–water partition coefficient (Wildman–Crippen LogP) is 5.51. The number of rotatable bonds is 5. The first-order chi connectivity index (χ1) is 14.9. The number of nitrogens with one attached hydrogen (secondary N) is 1. The van der Waals surface area contributed by atoms with Crippen molar-refractivity contribution in [3.63, 3.8) is 0 Å². The molecule has 0 atom stereocenters. The summed E-state index contributed by atoms with van der Waals surface area (Å²) in [7, 11) is 0. The Balaban J connectivity index is 1.73. The molecule has 0 fully saturated rings. The van der Waals surface area contributed by atoms with Crippen LogP contribution in [-0.4, -0.2) is 25.6 Å². The molecule has 4 rings (SSSR count). The molecule has 0 saturated carbocycles. The van der Waals surface area contributed by atoms with Gasteiger partial charge in [0, 0.05) is 32.9 Å². The molecular formula is C21H13BrClN5O3. The predicted molar refractivity (Wildman–Crippen MR) is 121 cm³/mol. The molecule has 0 bridgehead atoms. The van der Waals surface area contributed by atoms with Crippen LogP contribution >= 0.6 is 27.5 Å². The van der Waals surface area contributed by atoms with E-state index in [9.17, 15) is 14.9 Å². The number of aromatic nitrogens is 3. The van der Waals surface area contributed by atoms with Gasteiger partial charge in [-0.05, 0) is 54.6 Å². The van der Waals surface area contributed by atoms with Crippen LogP contribution < -0.4 is 5.32 Å². The first-order valence-corrected chi connectivity index (χ1v) is 10.1. The Morgan fingerprint density at radius 3 is 2.45 bits per heavy atom. The van der Waals surface area contributed by atoms with E-state index < -0.39 is 10.8 Å². The summed E-state index contributed by atoms with van der Waals surface area (Å²) in [6.07, 6.45) is 0. The molecule has 8 nitrogen and oxygen atoms in total. The topological polar surface area (TPSA) is 103 Å². The van der Waals surface area contributed by atoms with E-state index in [-0.39, 0.29) is 17.2 Å². The maximum absolute atomic E-state index is 12.8. The third kappa shape index (κ3) is 4.62. The lowest BCUT2D eigenvalue weighted by molar-refractivity contribution is -0.384. The van der Waals surface area contributed by atoms with Gasteiger partial charge in [-0.2, -0.15) is 0 Å². The van der Waals surface area contributed by atoms with Gasteiger partial charge in [0.15, 0.2) is 5.82 Å². The molecule has 0 spiro atoms. The van der Waals surface area contributed by atoms with Crippen LogP contribution in [-0.2, 0) is 0 Å². The van der Waals surface area contributed by atoms with E-state index in [4.69, 9.17) is 11.6 Å². The highest BCUT2D eigenvalue weighted by Crippen LogP contribution is 2.25. The summed E-state index contributed by atoms with van der Waals surface area (Å²) < 4.78 is 2.45. The molecule has 10 heteroatoms. The van der Waals surface area contributed by atoms with Gasteiger partial charge in [-0.3, -0.25) is 14.9 Å². The minimum absolute atomic E-state index is 0.0839. The molecule has 31 heavy (non-hydrogen) atoms. The summed E-state index contributed by atoms with van der Waals surface area (Å²) in [5.74, 6) is -0.228. The zero-order chi connectivity index (χ0) is 22.0. The van der Waals surface area contributed by atoms with Crippen LogP contribution in [0.4, 0.5) is 11.4 Å². The van der Waals surface area contributed by atoms with Gasteiger partial charge in [0.25, 0.3) is 11.6 Å². The second-order valence-corrected chi connectivity index (χ2v) is 7.77. The molecular weight excluding hydrogens is 486 g/mol. The van der Waals surface area contributed by atoms with Gasteiger partial charge in [-0.25, -0.2) is 9.67 Å². The lowest BCUT2D eigenvalue weighted by Crippen LogP contribution is -2.14. The molecule has 0 saturated heterocycles. The smallest absolute Gasteiger partial charge is 0.295 e. The molecule has 154 valence electrons. The summed E-state index contributed by atoms with van der Waals surface area (Å²) in [6.45, 7) is 0. The Morgan fingerprint density at radius 1 is 1.06 bits per heavy atom. The van der Waals surface area contributed by atoms with Crippen molar-refractivity contribution in [3.05, 3.63) is 98.2 Å². The van der Waals surface area contributed by atoms with Gasteiger partial charge in [0.1, 0.15) is 0 Å². The molecule has 3 aromatic carbocycles. The Bertz CT molecular complexity index is 1210. The monoisotopic (exact) mass is 497 g/mol. The number of nitrogens with zero attached hydrogens (tertiary/aromatic N) is 4. The minimum Gasteiger partial charge on any atom is -0.319 e. The molecule has 0 aliphatic carbocycles. The van der Waals surface area contributed by atoms with Crippen LogP contribution in [0.25, 0.3) is 17.1 Å². The third-order valence-electron chi connectivity index (χ3n) is 4.30. The third-order valence-corrected chi connectivity index (χ3v) is 5.08. The summed E-state index contributed by atoms with van der Waals surface area (Å²) in [5, 5.41) is 18.5. The second-order valence-electron chi connectivity index (χ2n) is 6.42. The summed E-state index contributed by atoms with van der Waals surface area (Å²) in [4.78, 5) is 27.6. The molecule has 1 aromatic heterocycles. The molecule has 1 heterocycles. The second kappa shape index (κ2) is 8.66. The maximum Gasteiger partial charge on any atom is 0.295 e. The van der Waals surface area contributed by atoms with Gasteiger partial charge in [-0.1, -0.05) is 33.6 Å². The fourth-order valence-corrected chi connectivity index (χ4v) is 3.23. The number of hydrogen-bond acceptors (Lipinski definition) is 5. The number of anilines is 1. The zero-order valence-corrected chi connectivity index (χ0v) is 18.0. The number of benzene rings is 3.